The molecular formula is C46H64IN6O10S-. The van der Waals surface area contributed by atoms with Gasteiger partial charge in [0.15, 0.2) is 0 Å². The van der Waals surface area contributed by atoms with Crippen LogP contribution in [0.3, 0.4) is 0 Å². The Hall–Kier alpha value is -3.75. The third kappa shape index (κ3) is 9.99. The first-order chi connectivity index (χ1) is 30.4. The minimum absolute atomic E-state index is 0.0259. The SMILES string of the molecule is C=C[C@@H]1[I-][C@]1(NC(=O)[C@@H]1C[C@@H]2CN1C(=O)[C@H](C(C)(C)C)NC(=O)O[C@@H]1C[C@H]1CCCCCc1c(nc3ccccc3c1OC1CCN(CCOC)CC1)O2)C(=O)NS(=O)(=O)C1(C)CC1. The number of aromatic nitrogens is 1. The summed E-state index contributed by atoms with van der Waals surface area (Å²) >= 11 is -1.08. The molecule has 0 radical (unpaired) electrons. The molecule has 2 bridgehead atoms. The molecule has 6 aliphatic rings. The number of fused-ring (bicyclic) bond motifs is 5. The molecule has 64 heavy (non-hydrogen) atoms. The maximum absolute atomic E-state index is 14.9. The number of nitrogens with zero attached hydrogens (tertiary/aromatic N) is 3. The predicted octanol–water partition coefficient (Wildman–Crippen LogP) is 1.19. The summed E-state index contributed by atoms with van der Waals surface area (Å²) < 4.78 is 50.8. The number of alkyl carbamates (subject to hydrolysis) is 1. The maximum atomic E-state index is 14.9. The van der Waals surface area contributed by atoms with Crippen LogP contribution in [0.15, 0.2) is 36.9 Å². The van der Waals surface area contributed by atoms with Gasteiger partial charge in [0.25, 0.3) is 0 Å². The first-order valence-corrected chi connectivity index (χ1v) is 26.7. The van der Waals surface area contributed by atoms with Crippen molar-refractivity contribution in [1.82, 2.24) is 30.1 Å². The minimum atomic E-state index is -4.00. The average molecular weight is 1020 g/mol. The number of benzene rings is 1. The van der Waals surface area contributed by atoms with E-state index in [4.69, 9.17) is 23.9 Å². The number of piperidine rings is 1. The number of rotatable bonds is 11. The van der Waals surface area contributed by atoms with Crippen LogP contribution in [-0.4, -0.2) is 130 Å². The van der Waals surface area contributed by atoms with Crippen LogP contribution < -0.4 is 46.0 Å². The van der Waals surface area contributed by atoms with Gasteiger partial charge in [0, 0.05) is 26.7 Å². The number of sulfonamides is 1. The Kier molecular flexibility index (Phi) is 13.5. The molecule has 3 saturated heterocycles. The molecule has 0 unspecified atom stereocenters. The van der Waals surface area contributed by atoms with E-state index >= 15 is 0 Å². The zero-order valence-electron chi connectivity index (χ0n) is 37.7. The normalized spacial score (nSPS) is 30.1. The van der Waals surface area contributed by atoms with E-state index in [0.29, 0.717) is 37.3 Å². The number of pyridine rings is 1. The summed E-state index contributed by atoms with van der Waals surface area (Å²) in [6.07, 6.45) is 7.53. The first kappa shape index (κ1) is 46.8. The summed E-state index contributed by atoms with van der Waals surface area (Å²) in [6, 6.07) is 5.63. The Bertz CT molecular complexity index is 2240. The molecule has 4 aliphatic heterocycles. The molecule has 16 nitrogen and oxygen atoms in total. The molecule has 1 aromatic heterocycles. The van der Waals surface area contributed by atoms with Crippen molar-refractivity contribution in [2.24, 2.45) is 11.3 Å². The molecule has 2 aliphatic carbocycles. The van der Waals surface area contributed by atoms with Crippen LogP contribution in [0.4, 0.5) is 4.79 Å². The Labute approximate surface area is 387 Å². The number of alkyl halides is 2. The number of carbonyl (C=O) groups is 4. The number of nitrogens with one attached hydrogen (secondary N) is 3. The Balaban J connectivity index is 1.13. The molecule has 5 heterocycles. The number of hydrogen-bond donors (Lipinski definition) is 3. The first-order valence-electron chi connectivity index (χ1n) is 22.8. The van der Waals surface area contributed by atoms with Crippen LogP contribution in [0.5, 0.6) is 11.6 Å². The monoisotopic (exact) mass is 1020 g/mol. The summed E-state index contributed by atoms with van der Waals surface area (Å²) in [5.74, 6) is -0.550. The fourth-order valence-electron chi connectivity index (χ4n) is 9.20. The van der Waals surface area contributed by atoms with Gasteiger partial charge >= 0.3 is 314 Å². The molecule has 5 fully saturated rings. The third-order valence-electron chi connectivity index (χ3n) is 13.7. The second kappa shape index (κ2) is 18.5. The Morgan fingerprint density at radius 3 is 2.52 bits per heavy atom. The zero-order valence-corrected chi connectivity index (χ0v) is 40.6. The molecule has 8 rings (SSSR count). The van der Waals surface area contributed by atoms with E-state index in [-0.39, 0.29) is 31.1 Å². The van der Waals surface area contributed by atoms with Gasteiger partial charge < -0.3 is 9.64 Å². The van der Waals surface area contributed by atoms with Crippen molar-refractivity contribution in [2.45, 2.75) is 141 Å². The van der Waals surface area contributed by atoms with Crippen molar-refractivity contribution in [2.75, 3.05) is 39.9 Å². The molecule has 0 spiro atoms. The van der Waals surface area contributed by atoms with Gasteiger partial charge in [0.1, 0.15) is 0 Å². The number of ether oxygens (including phenoxy) is 4. The summed E-state index contributed by atoms with van der Waals surface area (Å²) in [6.45, 7) is 14.3. The van der Waals surface area contributed by atoms with E-state index in [2.05, 4.69) is 26.8 Å². The average Bonchev–Trinajstić information content (AvgIpc) is 4.22. The van der Waals surface area contributed by atoms with Crippen molar-refractivity contribution in [3.63, 3.8) is 0 Å². The van der Waals surface area contributed by atoms with Gasteiger partial charge in [-0.2, -0.15) is 0 Å². The second-order valence-electron chi connectivity index (χ2n) is 19.7. The number of carbonyl (C=O) groups excluding carboxylic acids is 4. The van der Waals surface area contributed by atoms with Crippen molar-refractivity contribution in [3.8, 4) is 11.6 Å². The molecule has 352 valence electrons. The predicted molar refractivity (Wildman–Crippen MR) is 235 cm³/mol. The van der Waals surface area contributed by atoms with E-state index in [1.54, 1.807) is 20.1 Å². The van der Waals surface area contributed by atoms with Gasteiger partial charge in [0.2, 0.25) is 0 Å². The second-order valence-corrected chi connectivity index (χ2v) is 25.6. The van der Waals surface area contributed by atoms with Crippen LogP contribution in [0.1, 0.15) is 97.5 Å². The fourth-order valence-corrected chi connectivity index (χ4v) is 13.3. The molecule has 2 saturated carbocycles. The van der Waals surface area contributed by atoms with E-state index in [9.17, 15) is 27.6 Å². The summed E-state index contributed by atoms with van der Waals surface area (Å²) in [5.41, 5.74) is 0.740. The topological polar surface area (TPSA) is 195 Å². The number of hydrogen-bond acceptors (Lipinski definition) is 12. The molecule has 18 heteroatoms. The third-order valence-corrected chi connectivity index (χ3v) is 19.8. The van der Waals surface area contributed by atoms with E-state index in [1.807, 2.05) is 45.0 Å². The molecular weight excluding hydrogens is 956 g/mol. The molecule has 3 N–H and O–H groups in total. The molecule has 1 aromatic carbocycles. The van der Waals surface area contributed by atoms with Gasteiger partial charge in [0.05, 0.1) is 6.61 Å². The van der Waals surface area contributed by atoms with Gasteiger partial charge in [-0.1, -0.05) is 12.5 Å². The zero-order chi connectivity index (χ0) is 45.6. The van der Waals surface area contributed by atoms with E-state index in [1.165, 1.54) is 4.90 Å². The molecule has 2 aromatic rings. The molecule has 7 atom stereocenters. The number of amides is 4. The number of para-hydroxylation sites is 1. The summed E-state index contributed by atoms with van der Waals surface area (Å²) in [5, 5.41) is 6.66. The van der Waals surface area contributed by atoms with Crippen molar-refractivity contribution in [1.29, 1.82) is 0 Å². The number of halogens is 1. The van der Waals surface area contributed by atoms with E-state index in [0.717, 1.165) is 81.3 Å². The quantitative estimate of drug-likeness (QED) is 0.126. The van der Waals surface area contributed by atoms with E-state index < -0.39 is 90.9 Å². The van der Waals surface area contributed by atoms with Gasteiger partial charge in [-0.15, -0.1) is 0 Å². The summed E-state index contributed by atoms with van der Waals surface area (Å²) in [4.78, 5) is 65.8. The van der Waals surface area contributed by atoms with Crippen LogP contribution in [0.2, 0.25) is 0 Å². The standard InChI is InChI=1S/C46H64IN6O10S/c1-7-36-46(47-36,42(56)51-64(58,59)45(5)19-20-45)50-39(54)34-26-30-27-53(34)41(55)38(44(2,3)4)49-43(57)63-35-25-28(35)13-9-8-10-15-32-37(31-14-11-12-16-33(31)48-40(32)62-30)61-29-17-21-52(22-18-29)23-24-60-6/h7,11-12,14,16,28-30,34-36,38H,1,8-10,13,15,17-27H2,2-6H3,(H,49,57)(H,50,54)(H,51,56)/q-1/t28-,30-,34+,35-,36+,38-,46-/m1/s1. The van der Waals surface area contributed by atoms with Crippen LogP contribution >= 0.6 is 0 Å². The number of likely N-dealkylation sites (tertiary alicyclic amines) is 1. The Morgan fingerprint density at radius 1 is 1.08 bits per heavy atom. The van der Waals surface area contributed by atoms with Crippen molar-refractivity contribution in [3.05, 3.63) is 42.5 Å². The van der Waals surface area contributed by atoms with Gasteiger partial charge in [-0.3, -0.25) is 0 Å². The van der Waals surface area contributed by atoms with Gasteiger partial charge in [-0.05, 0) is 19.3 Å². The van der Waals surface area contributed by atoms with Crippen LogP contribution in [0.25, 0.3) is 10.9 Å². The number of methoxy groups -OCH3 is 1. The van der Waals surface area contributed by atoms with Crippen LogP contribution in [0, 0.1) is 11.3 Å². The Morgan fingerprint density at radius 2 is 1.83 bits per heavy atom. The van der Waals surface area contributed by atoms with Crippen molar-refractivity contribution < 1.29 is 67.7 Å². The molecule has 4 amide bonds. The van der Waals surface area contributed by atoms with Crippen LogP contribution in [-0.2, 0) is 40.3 Å². The van der Waals surface area contributed by atoms with Gasteiger partial charge in [-0.25, -0.2) is 0 Å². The van der Waals surface area contributed by atoms with Crippen molar-refractivity contribution >= 4 is 44.7 Å². The fraction of sp³-hybridized carbons (Fsp3) is 0.674. The summed E-state index contributed by atoms with van der Waals surface area (Å²) in [7, 11) is -2.28.